The van der Waals surface area contributed by atoms with Gasteiger partial charge in [0.25, 0.3) is 0 Å². The molecule has 0 aliphatic carbocycles. The van der Waals surface area contributed by atoms with Crippen molar-refractivity contribution in [3.8, 4) is 44.5 Å². The van der Waals surface area contributed by atoms with E-state index in [1.165, 1.54) is 65.3 Å². The number of para-hydroxylation sites is 2. The fraction of sp³-hybridized carbons (Fsp3) is 0. The highest BCUT2D eigenvalue weighted by molar-refractivity contribution is 6.21. The molecule has 0 aliphatic heterocycles. The smallest absolute Gasteiger partial charge is 0.145 e. The van der Waals surface area contributed by atoms with E-state index in [1.807, 2.05) is 0 Å². The lowest BCUT2D eigenvalue weighted by atomic mass is 9.91. The summed E-state index contributed by atoms with van der Waals surface area (Å²) >= 11 is 0. The van der Waals surface area contributed by atoms with Crippen LogP contribution in [0.15, 0.2) is 253 Å². The molecule has 66 heavy (non-hydrogen) atoms. The quantitative estimate of drug-likeness (QED) is 0.149. The van der Waals surface area contributed by atoms with Crippen molar-refractivity contribution in [2.45, 2.75) is 0 Å². The Kier molecular flexibility index (Phi) is 8.89. The number of hydrogen-bond acceptors (Lipinski definition) is 2. The molecule has 0 atom stereocenters. The molecule has 13 rings (SSSR count). The van der Waals surface area contributed by atoms with Crippen molar-refractivity contribution in [1.29, 1.82) is 0 Å². The minimum atomic E-state index is 0.856. The third kappa shape index (κ3) is 6.18. The third-order valence-electron chi connectivity index (χ3n) is 13.5. The molecule has 0 unspecified atom stereocenters. The zero-order valence-corrected chi connectivity index (χ0v) is 36.0. The summed E-state index contributed by atoms with van der Waals surface area (Å²) in [5, 5.41) is 12.0. The molecule has 308 valence electrons. The first kappa shape index (κ1) is 37.8. The van der Waals surface area contributed by atoms with Crippen LogP contribution in [-0.2, 0) is 0 Å². The third-order valence-corrected chi connectivity index (χ3v) is 13.5. The second kappa shape index (κ2) is 15.5. The topological polar surface area (TPSA) is 16.4 Å². The van der Waals surface area contributed by atoms with Gasteiger partial charge < -0.3 is 9.32 Å². The minimum absolute atomic E-state index is 0.856. The lowest BCUT2D eigenvalue weighted by Crippen LogP contribution is -2.11. The molecule has 0 aliphatic rings. The standard InChI is InChI=1S/C64H41NO/c1-2-16-42(17-3-1)43-30-32-44(33-31-43)51-22-12-14-28-60(51)65(48-36-34-45(35-37-48)58-40-46-18-4-6-20-49(46)52-23-8-10-25-54(52)58)61-39-38-56(64-63(61)57-27-13-15-29-62(57)66-64)59-41-47-19-5-7-21-50(47)53-24-9-11-26-55(53)59/h1-41H. The van der Waals surface area contributed by atoms with Crippen molar-refractivity contribution in [2.75, 3.05) is 4.90 Å². The summed E-state index contributed by atoms with van der Waals surface area (Å²) in [5.74, 6) is 0. The van der Waals surface area contributed by atoms with Crippen LogP contribution >= 0.6 is 0 Å². The van der Waals surface area contributed by atoms with Gasteiger partial charge in [0.2, 0.25) is 0 Å². The molecule has 1 aromatic heterocycles. The predicted octanol–water partition coefficient (Wildman–Crippen LogP) is 18.3. The van der Waals surface area contributed by atoms with E-state index in [0.29, 0.717) is 0 Å². The van der Waals surface area contributed by atoms with Crippen LogP contribution in [0.2, 0.25) is 0 Å². The van der Waals surface area contributed by atoms with E-state index in [2.05, 4.69) is 254 Å². The van der Waals surface area contributed by atoms with Crippen molar-refractivity contribution < 1.29 is 4.42 Å². The van der Waals surface area contributed by atoms with E-state index in [4.69, 9.17) is 4.42 Å². The predicted molar refractivity (Wildman–Crippen MR) is 280 cm³/mol. The van der Waals surface area contributed by atoms with Gasteiger partial charge in [0.15, 0.2) is 0 Å². The van der Waals surface area contributed by atoms with Gasteiger partial charge in [-0.2, -0.15) is 0 Å². The van der Waals surface area contributed by atoms with Crippen LogP contribution in [-0.4, -0.2) is 0 Å². The summed E-state index contributed by atoms with van der Waals surface area (Å²) in [4.78, 5) is 2.44. The van der Waals surface area contributed by atoms with E-state index < -0.39 is 0 Å². The summed E-state index contributed by atoms with van der Waals surface area (Å²) in [5.41, 5.74) is 14.2. The Balaban J connectivity index is 1.05. The first-order valence-electron chi connectivity index (χ1n) is 22.7. The zero-order chi connectivity index (χ0) is 43.6. The van der Waals surface area contributed by atoms with Crippen LogP contribution < -0.4 is 4.90 Å². The highest BCUT2D eigenvalue weighted by Crippen LogP contribution is 2.50. The van der Waals surface area contributed by atoms with Crippen molar-refractivity contribution >= 4 is 82.1 Å². The van der Waals surface area contributed by atoms with Gasteiger partial charge in [0.1, 0.15) is 11.2 Å². The summed E-state index contributed by atoms with van der Waals surface area (Å²) in [6.45, 7) is 0. The largest absolute Gasteiger partial charge is 0.455 e. The molecule has 13 aromatic rings. The van der Waals surface area contributed by atoms with Crippen LogP contribution in [0.1, 0.15) is 0 Å². The molecule has 0 bridgehead atoms. The molecule has 0 N–H and O–H groups in total. The average Bonchev–Trinajstić information content (AvgIpc) is 3.79. The Morgan fingerprint density at radius 1 is 0.273 bits per heavy atom. The van der Waals surface area contributed by atoms with Crippen molar-refractivity contribution in [1.82, 2.24) is 0 Å². The van der Waals surface area contributed by atoms with Gasteiger partial charge in [-0.3, -0.25) is 0 Å². The monoisotopic (exact) mass is 839 g/mol. The van der Waals surface area contributed by atoms with Gasteiger partial charge in [-0.25, -0.2) is 0 Å². The van der Waals surface area contributed by atoms with Gasteiger partial charge in [0.05, 0.1) is 16.8 Å². The molecule has 0 amide bonds. The average molecular weight is 840 g/mol. The lowest BCUT2D eigenvalue weighted by Gasteiger charge is -2.29. The van der Waals surface area contributed by atoms with Gasteiger partial charge in [-0.15, -0.1) is 0 Å². The van der Waals surface area contributed by atoms with Gasteiger partial charge in [-0.1, -0.05) is 200 Å². The highest BCUT2D eigenvalue weighted by atomic mass is 16.3. The van der Waals surface area contributed by atoms with Crippen molar-refractivity contribution in [3.63, 3.8) is 0 Å². The number of benzene rings is 12. The van der Waals surface area contributed by atoms with E-state index in [0.717, 1.165) is 61.3 Å². The summed E-state index contributed by atoms with van der Waals surface area (Å²) in [6.07, 6.45) is 0. The number of anilines is 3. The number of nitrogens with zero attached hydrogens (tertiary/aromatic N) is 1. The summed E-state index contributed by atoms with van der Waals surface area (Å²) in [6, 6.07) is 90.2. The lowest BCUT2D eigenvalue weighted by molar-refractivity contribution is 0.670. The Bertz CT molecular complexity index is 3980. The zero-order valence-electron chi connectivity index (χ0n) is 36.0. The maximum absolute atomic E-state index is 7.06. The molecule has 0 radical (unpaired) electrons. The van der Waals surface area contributed by atoms with Crippen LogP contribution in [0.5, 0.6) is 0 Å². The Labute approximate surface area is 382 Å². The van der Waals surface area contributed by atoms with E-state index in [1.54, 1.807) is 0 Å². The molecule has 12 aromatic carbocycles. The summed E-state index contributed by atoms with van der Waals surface area (Å²) in [7, 11) is 0. The van der Waals surface area contributed by atoms with Crippen LogP contribution in [0.4, 0.5) is 17.1 Å². The van der Waals surface area contributed by atoms with Gasteiger partial charge >= 0.3 is 0 Å². The number of fused-ring (bicyclic) bond motifs is 9. The fourth-order valence-corrected chi connectivity index (χ4v) is 10.4. The fourth-order valence-electron chi connectivity index (χ4n) is 10.4. The molecular formula is C64H41NO. The maximum atomic E-state index is 7.06. The van der Waals surface area contributed by atoms with Crippen molar-refractivity contribution in [2.24, 2.45) is 0 Å². The molecule has 0 saturated carbocycles. The molecule has 1 heterocycles. The van der Waals surface area contributed by atoms with Crippen LogP contribution in [0, 0.1) is 0 Å². The summed E-state index contributed by atoms with van der Waals surface area (Å²) < 4.78 is 7.06. The van der Waals surface area contributed by atoms with Gasteiger partial charge in [0, 0.05) is 22.2 Å². The van der Waals surface area contributed by atoms with E-state index in [9.17, 15) is 0 Å². The Hall–Kier alpha value is -8.72. The molecule has 0 fully saturated rings. The molecule has 2 heteroatoms. The Morgan fingerprint density at radius 2 is 0.758 bits per heavy atom. The molecular weight excluding hydrogens is 799 g/mol. The van der Waals surface area contributed by atoms with Gasteiger partial charge in [-0.05, 0) is 125 Å². The number of furan rings is 1. The maximum Gasteiger partial charge on any atom is 0.145 e. The second-order valence-corrected chi connectivity index (χ2v) is 17.2. The molecule has 0 saturated heterocycles. The normalized spacial score (nSPS) is 11.6. The first-order valence-corrected chi connectivity index (χ1v) is 22.7. The second-order valence-electron chi connectivity index (χ2n) is 17.2. The number of hydrogen-bond donors (Lipinski definition) is 0. The minimum Gasteiger partial charge on any atom is -0.455 e. The molecule has 0 spiro atoms. The van der Waals surface area contributed by atoms with Crippen LogP contribution in [0.25, 0.3) is 110 Å². The van der Waals surface area contributed by atoms with E-state index >= 15 is 0 Å². The van der Waals surface area contributed by atoms with E-state index in [-0.39, 0.29) is 0 Å². The first-order chi connectivity index (χ1) is 32.7. The van der Waals surface area contributed by atoms with Crippen LogP contribution in [0.3, 0.4) is 0 Å². The SMILES string of the molecule is c1ccc(-c2ccc(-c3ccccc3N(c3ccc(-c4cc5ccccc5c5ccccc45)cc3)c3ccc(-c4cc5ccccc5c5ccccc45)c4oc5ccccc5c34)cc2)cc1. The highest BCUT2D eigenvalue weighted by Gasteiger charge is 2.25. The Morgan fingerprint density at radius 3 is 1.45 bits per heavy atom. The van der Waals surface area contributed by atoms with Crippen molar-refractivity contribution in [3.05, 3.63) is 249 Å². The molecule has 2 nitrogen and oxygen atoms in total. The number of rotatable bonds is 7.